The van der Waals surface area contributed by atoms with Gasteiger partial charge in [0.25, 0.3) is 0 Å². The van der Waals surface area contributed by atoms with Gasteiger partial charge in [-0.2, -0.15) is 0 Å². The van der Waals surface area contributed by atoms with Gasteiger partial charge in [-0.25, -0.2) is 0 Å². The second kappa shape index (κ2) is 5.88. The normalized spacial score (nSPS) is 26.8. The maximum absolute atomic E-state index is 2.70. The van der Waals surface area contributed by atoms with Crippen LogP contribution in [-0.2, 0) is 0 Å². The average Bonchev–Trinajstić information content (AvgIpc) is 3.26. The largest absolute Gasteiger partial charge is 0.283 e. The molecule has 0 amide bonds. The first-order valence-corrected chi connectivity index (χ1v) is 9.81. The summed E-state index contributed by atoms with van der Waals surface area (Å²) in [7, 11) is 0. The van der Waals surface area contributed by atoms with Crippen LogP contribution < -0.4 is 5.01 Å². The molecule has 2 aromatic rings. The summed E-state index contributed by atoms with van der Waals surface area (Å²) in [6, 6.07) is 20.1. The highest BCUT2D eigenvalue weighted by atomic mass is 15.7. The van der Waals surface area contributed by atoms with Gasteiger partial charge in [0.2, 0.25) is 0 Å². The lowest BCUT2D eigenvalue weighted by molar-refractivity contribution is 0.127. The summed E-state index contributed by atoms with van der Waals surface area (Å²) in [6.07, 6.45) is 7.55. The Bertz CT molecular complexity index is 820. The number of hydrazine groups is 1. The summed E-state index contributed by atoms with van der Waals surface area (Å²) in [5, 5.41) is 5.03. The van der Waals surface area contributed by atoms with Gasteiger partial charge in [-0.1, -0.05) is 56.3 Å². The highest BCUT2D eigenvalue weighted by Crippen LogP contribution is 2.55. The van der Waals surface area contributed by atoms with Crippen LogP contribution in [0.5, 0.6) is 0 Å². The van der Waals surface area contributed by atoms with Crippen molar-refractivity contribution in [3.63, 3.8) is 0 Å². The van der Waals surface area contributed by atoms with Gasteiger partial charge in [-0.15, -0.1) is 0 Å². The lowest BCUT2D eigenvalue weighted by Gasteiger charge is -2.40. The van der Waals surface area contributed by atoms with Gasteiger partial charge in [0, 0.05) is 24.7 Å². The maximum atomic E-state index is 2.70. The van der Waals surface area contributed by atoms with E-state index in [1.165, 1.54) is 42.7 Å². The number of hydrogen-bond donors (Lipinski definition) is 0. The first-order valence-electron chi connectivity index (χ1n) is 9.81. The molecule has 0 bridgehead atoms. The summed E-state index contributed by atoms with van der Waals surface area (Å²) in [5.74, 6) is 0. The fraction of sp³-hybridized carbons (Fsp3) is 0.391. The third kappa shape index (κ3) is 2.23. The number of hydrogen-bond acceptors (Lipinski definition) is 3. The minimum Gasteiger partial charge on any atom is -0.283 e. The Hall–Kier alpha value is -2.26. The summed E-state index contributed by atoms with van der Waals surface area (Å²) in [5.41, 5.74) is 4.20. The van der Waals surface area contributed by atoms with Crippen molar-refractivity contribution in [1.82, 2.24) is 9.91 Å². The molecule has 26 heavy (non-hydrogen) atoms. The molecule has 1 unspecified atom stereocenters. The number of nitrogens with zero attached hydrogens (tertiary/aromatic N) is 3. The first kappa shape index (κ1) is 16.0. The van der Waals surface area contributed by atoms with Crippen LogP contribution in [0.15, 0.2) is 60.8 Å². The molecule has 0 radical (unpaired) electrons. The molecule has 3 aliphatic heterocycles. The van der Waals surface area contributed by atoms with Crippen LogP contribution >= 0.6 is 0 Å². The molecule has 5 rings (SSSR count). The van der Waals surface area contributed by atoms with Crippen LogP contribution in [0, 0.1) is 5.41 Å². The van der Waals surface area contributed by atoms with E-state index in [-0.39, 0.29) is 5.41 Å². The predicted octanol–water partition coefficient (Wildman–Crippen LogP) is 4.90. The van der Waals surface area contributed by atoms with E-state index in [1.807, 2.05) is 0 Å². The lowest BCUT2D eigenvalue weighted by Crippen LogP contribution is -2.51. The van der Waals surface area contributed by atoms with Crippen LogP contribution in [0.4, 0.5) is 5.69 Å². The van der Waals surface area contributed by atoms with Gasteiger partial charge >= 0.3 is 0 Å². The summed E-state index contributed by atoms with van der Waals surface area (Å²) in [4.78, 5) is 2.70. The zero-order chi connectivity index (χ0) is 17.7. The molecule has 3 heterocycles. The van der Waals surface area contributed by atoms with E-state index >= 15 is 0 Å². The molecule has 2 atom stereocenters. The Labute approximate surface area is 156 Å². The number of benzene rings is 2. The van der Waals surface area contributed by atoms with Gasteiger partial charge < -0.3 is 0 Å². The number of fused-ring (bicyclic) bond motifs is 3. The summed E-state index contributed by atoms with van der Waals surface area (Å²) >= 11 is 0. The molecule has 2 saturated heterocycles. The zero-order valence-corrected chi connectivity index (χ0v) is 15.7. The molecule has 0 saturated carbocycles. The van der Waals surface area contributed by atoms with Gasteiger partial charge in [0.15, 0.2) is 0 Å². The Morgan fingerprint density at radius 3 is 2.35 bits per heavy atom. The van der Waals surface area contributed by atoms with Gasteiger partial charge in [0.1, 0.15) is 6.17 Å². The van der Waals surface area contributed by atoms with Crippen molar-refractivity contribution in [2.75, 3.05) is 18.1 Å². The molecule has 0 aliphatic carbocycles. The first-order chi connectivity index (χ1) is 12.7. The molecular weight excluding hydrogens is 318 g/mol. The van der Waals surface area contributed by atoms with E-state index in [2.05, 4.69) is 95.6 Å². The molecular formula is C23H27N3. The Morgan fingerprint density at radius 1 is 0.885 bits per heavy atom. The Balaban J connectivity index is 1.68. The number of likely N-dealkylation sites (tertiary alicyclic amines) is 1. The van der Waals surface area contributed by atoms with Crippen molar-refractivity contribution in [1.29, 1.82) is 0 Å². The lowest BCUT2D eigenvalue weighted by atomic mass is 9.76. The molecule has 134 valence electrons. The quantitative estimate of drug-likeness (QED) is 0.767. The monoisotopic (exact) mass is 345 g/mol. The third-order valence-electron chi connectivity index (χ3n) is 6.32. The minimum atomic E-state index is 0.112. The second-order valence-corrected chi connectivity index (χ2v) is 8.35. The molecule has 3 aliphatic rings. The highest BCUT2D eigenvalue weighted by Gasteiger charge is 2.56. The van der Waals surface area contributed by atoms with Gasteiger partial charge in [-0.3, -0.25) is 14.9 Å². The van der Waals surface area contributed by atoms with E-state index in [0.717, 1.165) is 0 Å². The van der Waals surface area contributed by atoms with E-state index in [0.29, 0.717) is 12.2 Å². The van der Waals surface area contributed by atoms with Crippen LogP contribution in [-0.4, -0.2) is 29.2 Å². The van der Waals surface area contributed by atoms with Gasteiger partial charge in [0.05, 0.1) is 11.7 Å². The Kier molecular flexibility index (Phi) is 3.61. The van der Waals surface area contributed by atoms with Crippen molar-refractivity contribution in [2.24, 2.45) is 5.41 Å². The zero-order valence-electron chi connectivity index (χ0n) is 15.7. The minimum absolute atomic E-state index is 0.112. The van der Waals surface area contributed by atoms with Crippen LogP contribution in [0.2, 0.25) is 0 Å². The number of para-hydroxylation sites is 1. The van der Waals surface area contributed by atoms with E-state index < -0.39 is 0 Å². The summed E-state index contributed by atoms with van der Waals surface area (Å²) < 4.78 is 0. The third-order valence-corrected chi connectivity index (χ3v) is 6.32. The topological polar surface area (TPSA) is 9.72 Å². The van der Waals surface area contributed by atoms with Crippen molar-refractivity contribution in [3.8, 4) is 0 Å². The fourth-order valence-electron chi connectivity index (χ4n) is 5.28. The van der Waals surface area contributed by atoms with Crippen molar-refractivity contribution < 1.29 is 0 Å². The predicted molar refractivity (Wildman–Crippen MR) is 107 cm³/mol. The number of anilines is 1. The van der Waals surface area contributed by atoms with Crippen LogP contribution in [0.1, 0.15) is 43.9 Å². The fourth-order valence-corrected chi connectivity index (χ4v) is 5.28. The summed E-state index contributed by atoms with van der Waals surface area (Å²) in [6.45, 7) is 7.30. The number of rotatable bonds is 2. The molecule has 0 aromatic heterocycles. The standard InChI is InChI=1S/C23H27N3/c1-23(2)21-20-13-7-6-10-18(20)14-17-25(21)26(19-11-4-3-5-12-19)22(23)24-15-8-9-16-24/h3-7,10-14,17,21-22H,8-9,15-16H2,1-2H3/t21?,22-/m1/s1. The van der Waals surface area contributed by atoms with E-state index in [1.54, 1.807) is 0 Å². The molecule has 2 fully saturated rings. The van der Waals surface area contributed by atoms with Gasteiger partial charge in [-0.05, 0) is 42.2 Å². The van der Waals surface area contributed by atoms with E-state index in [4.69, 9.17) is 0 Å². The molecule has 3 nitrogen and oxygen atoms in total. The molecule has 0 spiro atoms. The van der Waals surface area contributed by atoms with Crippen molar-refractivity contribution >= 4 is 11.8 Å². The van der Waals surface area contributed by atoms with Crippen molar-refractivity contribution in [2.45, 2.75) is 38.9 Å². The van der Waals surface area contributed by atoms with Crippen LogP contribution in [0.25, 0.3) is 6.08 Å². The second-order valence-electron chi connectivity index (χ2n) is 8.35. The molecule has 2 aromatic carbocycles. The highest BCUT2D eigenvalue weighted by molar-refractivity contribution is 5.61. The molecule has 3 heteroatoms. The SMILES string of the molecule is CC1(C)C2c3ccccc3C=CN2N(c2ccccc2)[C@H]1N1CCCC1. The Morgan fingerprint density at radius 2 is 1.58 bits per heavy atom. The molecule has 0 N–H and O–H groups in total. The maximum Gasteiger partial charge on any atom is 0.110 e. The average molecular weight is 345 g/mol. The van der Waals surface area contributed by atoms with Crippen LogP contribution in [0.3, 0.4) is 0 Å². The van der Waals surface area contributed by atoms with E-state index in [9.17, 15) is 0 Å². The van der Waals surface area contributed by atoms with Crippen molar-refractivity contribution in [3.05, 3.63) is 71.9 Å². The smallest absolute Gasteiger partial charge is 0.110 e.